The van der Waals surface area contributed by atoms with E-state index in [1.807, 2.05) is 0 Å². The standard InChI is InChI=1S/C7H11NO.C5H13N.ClH/c1-4-6-8(3)7(9)5-2;1-4-5-6(2)3;/h4-5H,1-2,6H2,3H3;4-5H2,1-3H3;1H. The Morgan fingerprint density at radius 2 is 1.75 bits per heavy atom. The molecule has 0 fully saturated rings. The van der Waals surface area contributed by atoms with Gasteiger partial charge in [0.05, 0.1) is 0 Å². The molecule has 0 heterocycles. The second kappa shape index (κ2) is 14.2. The Hall–Kier alpha value is -0.800. The lowest BCUT2D eigenvalue weighted by molar-refractivity contribution is -0.124. The first-order valence-electron chi connectivity index (χ1n) is 5.12. The molecular weight excluding hydrogens is 224 g/mol. The van der Waals surface area contributed by atoms with Gasteiger partial charge in [-0.05, 0) is 33.1 Å². The fourth-order valence-corrected chi connectivity index (χ4v) is 0.887. The number of likely N-dealkylation sites (N-methyl/N-ethyl adjacent to an activating group) is 1. The van der Waals surface area contributed by atoms with Crippen molar-refractivity contribution in [1.82, 2.24) is 9.80 Å². The zero-order valence-corrected chi connectivity index (χ0v) is 11.7. The van der Waals surface area contributed by atoms with Gasteiger partial charge in [0.15, 0.2) is 0 Å². The molecule has 0 spiro atoms. The first kappa shape index (κ1) is 20.6. The molecular formula is C12H25ClN2O. The van der Waals surface area contributed by atoms with Crippen molar-refractivity contribution in [3.05, 3.63) is 25.3 Å². The zero-order chi connectivity index (χ0) is 12.3. The Balaban J connectivity index is -0.000000214. The number of carbonyl (C=O) groups excluding carboxylic acids is 1. The summed E-state index contributed by atoms with van der Waals surface area (Å²) in [5.41, 5.74) is 0. The molecule has 0 bridgehead atoms. The van der Waals surface area contributed by atoms with Gasteiger partial charge in [0.25, 0.3) is 0 Å². The molecule has 0 saturated heterocycles. The lowest BCUT2D eigenvalue weighted by atomic mass is 10.5. The largest absolute Gasteiger partial charge is 0.339 e. The van der Waals surface area contributed by atoms with Crippen LogP contribution in [0, 0.1) is 0 Å². The molecule has 0 aliphatic carbocycles. The van der Waals surface area contributed by atoms with Crippen molar-refractivity contribution >= 4 is 18.3 Å². The van der Waals surface area contributed by atoms with Crippen LogP contribution in [0.25, 0.3) is 0 Å². The average Bonchev–Trinajstić information content (AvgIpc) is 2.17. The Bertz CT molecular complexity index is 193. The predicted molar refractivity (Wildman–Crippen MR) is 74.1 cm³/mol. The third-order valence-electron chi connectivity index (χ3n) is 1.62. The van der Waals surface area contributed by atoms with Gasteiger partial charge in [0.2, 0.25) is 5.91 Å². The second-order valence-electron chi connectivity index (χ2n) is 3.51. The fraction of sp³-hybridized carbons (Fsp3) is 0.583. The Morgan fingerprint density at radius 3 is 1.94 bits per heavy atom. The van der Waals surface area contributed by atoms with Gasteiger partial charge >= 0.3 is 0 Å². The average molecular weight is 249 g/mol. The van der Waals surface area contributed by atoms with Crippen LogP contribution in [-0.4, -0.2) is 49.9 Å². The predicted octanol–water partition coefficient (Wildman–Crippen LogP) is 2.20. The van der Waals surface area contributed by atoms with E-state index in [2.05, 4.69) is 39.1 Å². The first-order valence-corrected chi connectivity index (χ1v) is 5.12. The number of amides is 1. The number of halogens is 1. The van der Waals surface area contributed by atoms with Crippen molar-refractivity contribution in [1.29, 1.82) is 0 Å². The highest BCUT2D eigenvalue weighted by Crippen LogP contribution is 1.83. The minimum atomic E-state index is -0.0742. The van der Waals surface area contributed by atoms with Crippen LogP contribution < -0.4 is 0 Å². The van der Waals surface area contributed by atoms with Crippen molar-refractivity contribution in [3.63, 3.8) is 0 Å². The van der Waals surface area contributed by atoms with E-state index < -0.39 is 0 Å². The maximum atomic E-state index is 10.7. The topological polar surface area (TPSA) is 23.6 Å². The van der Waals surface area contributed by atoms with E-state index >= 15 is 0 Å². The van der Waals surface area contributed by atoms with Crippen LogP contribution in [-0.2, 0) is 4.79 Å². The maximum Gasteiger partial charge on any atom is 0.245 e. The van der Waals surface area contributed by atoms with E-state index in [0.29, 0.717) is 6.54 Å². The van der Waals surface area contributed by atoms with Gasteiger partial charge < -0.3 is 9.80 Å². The molecule has 0 aliphatic rings. The fourth-order valence-electron chi connectivity index (χ4n) is 0.887. The number of hydrogen-bond donors (Lipinski definition) is 0. The Labute approximate surface area is 106 Å². The molecule has 0 aromatic rings. The van der Waals surface area contributed by atoms with Crippen LogP contribution in [0.15, 0.2) is 25.3 Å². The van der Waals surface area contributed by atoms with Crippen LogP contribution in [0.2, 0.25) is 0 Å². The smallest absolute Gasteiger partial charge is 0.245 e. The van der Waals surface area contributed by atoms with E-state index in [1.165, 1.54) is 23.9 Å². The van der Waals surface area contributed by atoms with Crippen molar-refractivity contribution in [2.45, 2.75) is 13.3 Å². The maximum absolute atomic E-state index is 10.7. The number of hydrogen-bond acceptors (Lipinski definition) is 2. The monoisotopic (exact) mass is 248 g/mol. The molecule has 4 heteroatoms. The summed E-state index contributed by atoms with van der Waals surface area (Å²) in [7, 11) is 5.87. The molecule has 1 amide bonds. The molecule has 0 saturated carbocycles. The molecule has 16 heavy (non-hydrogen) atoms. The molecule has 0 aromatic carbocycles. The Morgan fingerprint density at radius 1 is 1.25 bits per heavy atom. The summed E-state index contributed by atoms with van der Waals surface area (Å²) in [5, 5.41) is 0. The number of nitrogens with zero attached hydrogens (tertiary/aromatic N) is 2. The minimum absolute atomic E-state index is 0. The number of carbonyl (C=O) groups is 1. The van der Waals surface area contributed by atoms with Crippen LogP contribution in [0.3, 0.4) is 0 Å². The molecule has 0 atom stereocenters. The van der Waals surface area contributed by atoms with Crippen molar-refractivity contribution in [2.24, 2.45) is 0 Å². The van der Waals surface area contributed by atoms with E-state index in [9.17, 15) is 4.79 Å². The summed E-state index contributed by atoms with van der Waals surface area (Å²) >= 11 is 0. The highest BCUT2D eigenvalue weighted by molar-refractivity contribution is 5.86. The van der Waals surface area contributed by atoms with E-state index in [1.54, 1.807) is 13.1 Å². The van der Waals surface area contributed by atoms with Crippen LogP contribution in [0.5, 0.6) is 0 Å². The van der Waals surface area contributed by atoms with Crippen LogP contribution in [0.1, 0.15) is 13.3 Å². The molecule has 3 nitrogen and oxygen atoms in total. The molecule has 0 aromatic heterocycles. The second-order valence-corrected chi connectivity index (χ2v) is 3.51. The lowest BCUT2D eigenvalue weighted by Gasteiger charge is -2.10. The number of rotatable bonds is 5. The third kappa shape index (κ3) is 15.7. The quantitative estimate of drug-likeness (QED) is 0.550. The van der Waals surface area contributed by atoms with Crippen molar-refractivity contribution in [3.8, 4) is 0 Å². The van der Waals surface area contributed by atoms with Crippen LogP contribution >= 0.6 is 12.4 Å². The van der Waals surface area contributed by atoms with Gasteiger partial charge in [0.1, 0.15) is 0 Å². The van der Waals surface area contributed by atoms with Gasteiger partial charge in [-0.15, -0.1) is 19.0 Å². The van der Waals surface area contributed by atoms with Gasteiger partial charge in [0, 0.05) is 13.6 Å². The summed E-state index contributed by atoms with van der Waals surface area (Å²) in [6, 6.07) is 0. The molecule has 0 N–H and O–H groups in total. The van der Waals surface area contributed by atoms with Gasteiger partial charge in [-0.1, -0.05) is 19.6 Å². The van der Waals surface area contributed by atoms with Gasteiger partial charge in [-0.25, -0.2) is 0 Å². The molecule has 0 rings (SSSR count). The Kier molecular flexibility index (Phi) is 18.3. The third-order valence-corrected chi connectivity index (χ3v) is 1.62. The summed E-state index contributed by atoms with van der Waals surface area (Å²) in [6.07, 6.45) is 4.21. The highest BCUT2D eigenvalue weighted by atomic mass is 35.5. The lowest BCUT2D eigenvalue weighted by Crippen LogP contribution is -2.24. The molecule has 0 aliphatic heterocycles. The first-order chi connectivity index (χ1) is 6.99. The SMILES string of the molecule is C=CCN(C)C(=O)C=C.CCCN(C)C.Cl. The van der Waals surface area contributed by atoms with E-state index in [-0.39, 0.29) is 18.3 Å². The zero-order valence-electron chi connectivity index (χ0n) is 10.9. The molecule has 96 valence electrons. The summed E-state index contributed by atoms with van der Waals surface area (Å²) in [6.45, 7) is 10.8. The highest BCUT2D eigenvalue weighted by Gasteiger charge is 1.98. The van der Waals surface area contributed by atoms with Gasteiger partial charge in [-0.3, -0.25) is 4.79 Å². The minimum Gasteiger partial charge on any atom is -0.339 e. The summed E-state index contributed by atoms with van der Waals surface area (Å²) in [5.74, 6) is -0.0742. The normalized spacial score (nSPS) is 8.31. The van der Waals surface area contributed by atoms with E-state index in [4.69, 9.17) is 0 Å². The van der Waals surface area contributed by atoms with Crippen molar-refractivity contribution in [2.75, 3.05) is 34.2 Å². The van der Waals surface area contributed by atoms with E-state index in [0.717, 1.165) is 0 Å². The van der Waals surface area contributed by atoms with Crippen LogP contribution in [0.4, 0.5) is 0 Å². The van der Waals surface area contributed by atoms with Gasteiger partial charge in [-0.2, -0.15) is 0 Å². The van der Waals surface area contributed by atoms with Crippen molar-refractivity contribution < 1.29 is 4.79 Å². The summed E-state index contributed by atoms with van der Waals surface area (Å²) < 4.78 is 0. The molecule has 0 radical (unpaired) electrons. The summed E-state index contributed by atoms with van der Waals surface area (Å²) in [4.78, 5) is 14.4. The molecule has 0 unspecified atom stereocenters.